The van der Waals surface area contributed by atoms with Crippen molar-refractivity contribution in [3.63, 3.8) is 0 Å². The van der Waals surface area contributed by atoms with E-state index in [1.807, 2.05) is 6.07 Å². The van der Waals surface area contributed by atoms with Crippen LogP contribution in [0.1, 0.15) is 21.5 Å². The van der Waals surface area contributed by atoms with Crippen LogP contribution in [-0.4, -0.2) is 31.1 Å². The number of nitrogens with zero attached hydrogens (tertiary/aromatic N) is 1. The Labute approximate surface area is 209 Å². The van der Waals surface area contributed by atoms with Crippen LogP contribution >= 0.6 is 27.5 Å². The van der Waals surface area contributed by atoms with Crippen molar-refractivity contribution in [2.45, 2.75) is 6.92 Å². The Kier molecular flexibility index (Phi) is 8.39. The van der Waals surface area contributed by atoms with Crippen molar-refractivity contribution in [1.82, 2.24) is 5.43 Å². The minimum atomic E-state index is -0.931. The van der Waals surface area contributed by atoms with Crippen molar-refractivity contribution in [2.24, 2.45) is 5.10 Å². The molecule has 0 unspecified atom stereocenters. The topological polar surface area (TPSA) is 106 Å². The Morgan fingerprint density at radius 2 is 1.71 bits per heavy atom. The van der Waals surface area contributed by atoms with Gasteiger partial charge < -0.3 is 14.8 Å². The van der Waals surface area contributed by atoms with E-state index in [9.17, 15) is 14.4 Å². The number of hydrazone groups is 1. The van der Waals surface area contributed by atoms with Gasteiger partial charge >= 0.3 is 17.8 Å². The lowest BCUT2D eigenvalue weighted by Gasteiger charge is -2.10. The zero-order valence-corrected chi connectivity index (χ0v) is 20.4. The Morgan fingerprint density at radius 3 is 2.38 bits per heavy atom. The van der Waals surface area contributed by atoms with Crippen molar-refractivity contribution in [1.29, 1.82) is 0 Å². The second kappa shape index (κ2) is 11.4. The molecule has 3 aromatic rings. The van der Waals surface area contributed by atoms with Crippen LogP contribution < -0.4 is 20.2 Å². The van der Waals surface area contributed by atoms with E-state index >= 15 is 0 Å². The summed E-state index contributed by atoms with van der Waals surface area (Å²) in [5.41, 5.74) is 4.34. The number of nitrogens with one attached hydrogen (secondary N) is 2. The highest BCUT2D eigenvalue weighted by molar-refractivity contribution is 9.10. The number of aryl methyl sites for hydroxylation is 1. The van der Waals surface area contributed by atoms with Gasteiger partial charge in [0, 0.05) is 15.2 Å². The monoisotopic (exact) mass is 543 g/mol. The molecule has 0 aliphatic rings. The van der Waals surface area contributed by atoms with E-state index in [0.29, 0.717) is 21.8 Å². The van der Waals surface area contributed by atoms with Gasteiger partial charge in [-0.25, -0.2) is 10.2 Å². The van der Waals surface area contributed by atoms with Gasteiger partial charge in [-0.3, -0.25) is 9.59 Å². The fourth-order valence-electron chi connectivity index (χ4n) is 2.76. The van der Waals surface area contributed by atoms with Gasteiger partial charge in [-0.05, 0) is 78.7 Å². The highest BCUT2D eigenvalue weighted by Crippen LogP contribution is 2.28. The largest absolute Gasteiger partial charge is 0.493 e. The molecule has 174 valence electrons. The summed E-state index contributed by atoms with van der Waals surface area (Å²) in [6.45, 7) is 1.81. The summed E-state index contributed by atoms with van der Waals surface area (Å²) in [5, 5.41) is 6.82. The molecular formula is C24H19BrClN3O5. The van der Waals surface area contributed by atoms with Crippen molar-refractivity contribution in [2.75, 3.05) is 12.4 Å². The number of anilines is 1. The first-order chi connectivity index (χ1) is 16.3. The second-order valence-corrected chi connectivity index (χ2v) is 8.27. The SMILES string of the molecule is COc1cc(/C=N/NC(=O)C(=O)Nc2ccc(Br)cc2C)ccc1OC(=O)c1ccc(Cl)cc1. The average molecular weight is 545 g/mol. The predicted molar refractivity (Wildman–Crippen MR) is 133 cm³/mol. The van der Waals surface area contributed by atoms with Gasteiger partial charge in [0.2, 0.25) is 0 Å². The molecule has 0 heterocycles. The third kappa shape index (κ3) is 6.66. The number of hydrogen-bond acceptors (Lipinski definition) is 6. The number of carbonyl (C=O) groups is 3. The lowest BCUT2D eigenvalue weighted by Crippen LogP contribution is -2.32. The maximum atomic E-state index is 12.3. The first-order valence-corrected chi connectivity index (χ1v) is 11.0. The number of amides is 2. The summed E-state index contributed by atoms with van der Waals surface area (Å²) in [6, 6.07) is 16.2. The molecular weight excluding hydrogens is 526 g/mol. The number of halogens is 2. The zero-order valence-electron chi connectivity index (χ0n) is 18.1. The number of rotatable bonds is 6. The molecule has 0 aliphatic carbocycles. The van der Waals surface area contributed by atoms with Crippen LogP contribution in [0.3, 0.4) is 0 Å². The molecule has 0 aromatic heterocycles. The van der Waals surface area contributed by atoms with Crippen molar-refractivity contribution in [3.05, 3.63) is 86.8 Å². The smallest absolute Gasteiger partial charge is 0.343 e. The third-order valence-corrected chi connectivity index (χ3v) is 5.24. The van der Waals surface area contributed by atoms with Gasteiger partial charge in [-0.2, -0.15) is 5.10 Å². The highest BCUT2D eigenvalue weighted by atomic mass is 79.9. The summed E-state index contributed by atoms with van der Waals surface area (Å²) in [5.74, 6) is -1.88. The fourth-order valence-corrected chi connectivity index (χ4v) is 3.36. The van der Waals surface area contributed by atoms with E-state index in [0.717, 1.165) is 10.0 Å². The predicted octanol–water partition coefficient (Wildman–Crippen LogP) is 4.73. The molecule has 2 N–H and O–H groups in total. The molecule has 3 aromatic carbocycles. The van der Waals surface area contributed by atoms with Crippen LogP contribution in [0.2, 0.25) is 5.02 Å². The maximum absolute atomic E-state index is 12.3. The number of methoxy groups -OCH3 is 1. The fraction of sp³-hybridized carbons (Fsp3) is 0.0833. The second-order valence-electron chi connectivity index (χ2n) is 6.92. The summed E-state index contributed by atoms with van der Waals surface area (Å²) in [6.07, 6.45) is 1.32. The van der Waals surface area contributed by atoms with E-state index < -0.39 is 17.8 Å². The van der Waals surface area contributed by atoms with Crippen molar-refractivity contribution >= 4 is 57.2 Å². The van der Waals surface area contributed by atoms with E-state index in [-0.39, 0.29) is 11.5 Å². The van der Waals surface area contributed by atoms with Gasteiger partial charge in [0.25, 0.3) is 0 Å². The van der Waals surface area contributed by atoms with Gasteiger partial charge in [0.15, 0.2) is 11.5 Å². The molecule has 0 saturated heterocycles. The van der Waals surface area contributed by atoms with E-state index in [1.165, 1.54) is 19.4 Å². The van der Waals surface area contributed by atoms with Gasteiger partial charge in [-0.1, -0.05) is 27.5 Å². The number of benzene rings is 3. The van der Waals surface area contributed by atoms with Gasteiger partial charge in [0.1, 0.15) is 0 Å². The minimum Gasteiger partial charge on any atom is -0.493 e. The first-order valence-electron chi connectivity index (χ1n) is 9.83. The summed E-state index contributed by atoms with van der Waals surface area (Å²) in [7, 11) is 1.42. The van der Waals surface area contributed by atoms with Crippen LogP contribution in [0.5, 0.6) is 11.5 Å². The molecule has 0 bridgehead atoms. The maximum Gasteiger partial charge on any atom is 0.343 e. The zero-order chi connectivity index (χ0) is 24.7. The Bertz CT molecular complexity index is 1260. The lowest BCUT2D eigenvalue weighted by atomic mass is 10.2. The molecule has 2 amide bonds. The minimum absolute atomic E-state index is 0.202. The molecule has 8 nitrogen and oxygen atoms in total. The van der Waals surface area contributed by atoms with Crippen molar-refractivity contribution in [3.8, 4) is 11.5 Å². The molecule has 0 fully saturated rings. The lowest BCUT2D eigenvalue weighted by molar-refractivity contribution is -0.136. The molecule has 34 heavy (non-hydrogen) atoms. The van der Waals surface area contributed by atoms with Crippen LogP contribution in [0.15, 0.2) is 70.2 Å². The number of hydrogen-bond donors (Lipinski definition) is 2. The van der Waals surface area contributed by atoms with E-state index in [1.54, 1.807) is 55.5 Å². The van der Waals surface area contributed by atoms with Gasteiger partial charge in [0.05, 0.1) is 18.9 Å². The normalized spacial score (nSPS) is 10.6. The standard InChI is InChI=1S/C24H19BrClN3O5/c1-14-11-17(25)6-9-19(14)28-22(30)23(31)29-27-13-15-3-10-20(21(12-15)33-2)34-24(32)16-4-7-18(26)8-5-16/h3-13H,1-2H3,(H,28,30)(H,29,31)/b27-13+. The highest BCUT2D eigenvalue weighted by Gasteiger charge is 2.15. The molecule has 0 spiro atoms. The summed E-state index contributed by atoms with van der Waals surface area (Å²) >= 11 is 9.17. The molecule has 10 heteroatoms. The Balaban J connectivity index is 1.61. The van der Waals surface area contributed by atoms with Crippen molar-refractivity contribution < 1.29 is 23.9 Å². The number of ether oxygens (including phenoxy) is 2. The third-order valence-electron chi connectivity index (χ3n) is 4.49. The Hall–Kier alpha value is -3.69. The van der Waals surface area contributed by atoms with E-state index in [2.05, 4.69) is 31.8 Å². The van der Waals surface area contributed by atoms with Gasteiger partial charge in [-0.15, -0.1) is 0 Å². The average Bonchev–Trinajstić information content (AvgIpc) is 2.81. The first kappa shape index (κ1) is 24.9. The quantitative estimate of drug-likeness (QED) is 0.153. The summed E-state index contributed by atoms with van der Waals surface area (Å²) in [4.78, 5) is 36.4. The van der Waals surface area contributed by atoms with Crippen LogP contribution in [-0.2, 0) is 9.59 Å². The van der Waals surface area contributed by atoms with E-state index in [4.69, 9.17) is 21.1 Å². The Morgan fingerprint density at radius 1 is 0.971 bits per heavy atom. The molecule has 3 rings (SSSR count). The number of carbonyl (C=O) groups excluding carboxylic acids is 3. The number of esters is 1. The van der Waals surface area contributed by atoms with Crippen LogP contribution in [0, 0.1) is 6.92 Å². The summed E-state index contributed by atoms with van der Waals surface area (Å²) < 4.78 is 11.5. The molecule has 0 atom stereocenters. The van der Waals surface area contributed by atoms with Crippen LogP contribution in [0.4, 0.5) is 5.69 Å². The molecule has 0 aliphatic heterocycles. The van der Waals surface area contributed by atoms with Crippen LogP contribution in [0.25, 0.3) is 0 Å². The molecule has 0 radical (unpaired) electrons. The molecule has 0 saturated carbocycles.